The third-order valence-corrected chi connectivity index (χ3v) is 3.19. The fraction of sp³-hybridized carbons (Fsp3) is 0.182. The zero-order chi connectivity index (χ0) is 14.0. The van der Waals surface area contributed by atoms with E-state index in [0.29, 0.717) is 5.39 Å². The molecule has 0 aliphatic carbocycles. The number of rotatable bonds is 3. The minimum absolute atomic E-state index is 0.0942. The van der Waals surface area contributed by atoms with Crippen LogP contribution in [0.2, 0.25) is 0 Å². The summed E-state index contributed by atoms with van der Waals surface area (Å²) in [5.41, 5.74) is 5.16. The van der Waals surface area contributed by atoms with Gasteiger partial charge in [0, 0.05) is 5.39 Å². The molecule has 19 heavy (non-hydrogen) atoms. The van der Waals surface area contributed by atoms with Gasteiger partial charge in [0.2, 0.25) is 11.7 Å². The van der Waals surface area contributed by atoms with E-state index in [1.54, 1.807) is 18.2 Å². The molecule has 1 aromatic carbocycles. The van der Waals surface area contributed by atoms with Crippen molar-refractivity contribution in [2.24, 2.45) is 5.73 Å². The first-order valence-corrected chi connectivity index (χ1v) is 6.11. The number of primary amides is 1. The van der Waals surface area contributed by atoms with E-state index in [9.17, 15) is 18.0 Å². The Morgan fingerprint density at radius 3 is 2.58 bits per heavy atom. The first-order chi connectivity index (χ1) is 8.88. The van der Waals surface area contributed by atoms with Crippen molar-refractivity contribution < 1.29 is 18.0 Å². The molecule has 2 N–H and O–H groups in total. The first-order valence-electron chi connectivity index (χ1n) is 5.13. The van der Waals surface area contributed by atoms with E-state index in [2.05, 4.69) is 9.97 Å². The van der Waals surface area contributed by atoms with Gasteiger partial charge in [0.25, 0.3) is 0 Å². The van der Waals surface area contributed by atoms with Crippen LogP contribution < -0.4 is 5.73 Å². The van der Waals surface area contributed by atoms with Crippen molar-refractivity contribution in [2.45, 2.75) is 11.2 Å². The van der Waals surface area contributed by atoms with E-state index in [-0.39, 0.29) is 16.3 Å². The Bertz CT molecular complexity index is 630. The van der Waals surface area contributed by atoms with Gasteiger partial charge in [0.05, 0.1) is 11.3 Å². The van der Waals surface area contributed by atoms with Crippen LogP contribution in [0.5, 0.6) is 0 Å². The van der Waals surface area contributed by atoms with Gasteiger partial charge < -0.3 is 5.73 Å². The van der Waals surface area contributed by atoms with Crippen LogP contribution in [-0.2, 0) is 11.0 Å². The summed E-state index contributed by atoms with van der Waals surface area (Å²) in [7, 11) is 0. The molecule has 2 rings (SSSR count). The number of hydrogen-bond donors (Lipinski definition) is 1. The molecule has 2 aromatic rings. The minimum Gasteiger partial charge on any atom is -0.369 e. The number of alkyl halides is 3. The molecule has 0 radical (unpaired) electrons. The van der Waals surface area contributed by atoms with Crippen molar-refractivity contribution in [2.75, 3.05) is 5.75 Å². The van der Waals surface area contributed by atoms with Crippen molar-refractivity contribution >= 4 is 28.6 Å². The van der Waals surface area contributed by atoms with E-state index in [1.165, 1.54) is 6.07 Å². The number of hydrogen-bond acceptors (Lipinski definition) is 4. The van der Waals surface area contributed by atoms with Gasteiger partial charge in [-0.15, -0.1) is 0 Å². The van der Waals surface area contributed by atoms with Crippen LogP contribution in [0, 0.1) is 0 Å². The quantitative estimate of drug-likeness (QED) is 0.694. The molecule has 1 heterocycles. The standard InChI is InChI=1S/C11H8F3N3OS/c12-11(13,14)10-16-7-4-2-1-3-6(7)9(17-10)19-5-8(15)18/h1-4H,5H2,(H2,15,18). The second-order valence-corrected chi connectivity index (χ2v) is 4.59. The van der Waals surface area contributed by atoms with Crippen LogP contribution in [0.15, 0.2) is 29.3 Å². The highest BCUT2D eigenvalue weighted by molar-refractivity contribution is 8.00. The molecule has 0 spiro atoms. The number of amides is 1. The predicted molar refractivity (Wildman–Crippen MR) is 64.5 cm³/mol. The number of carbonyl (C=O) groups excluding carboxylic acids is 1. The van der Waals surface area contributed by atoms with E-state index < -0.39 is 17.9 Å². The van der Waals surface area contributed by atoms with E-state index in [4.69, 9.17) is 5.73 Å². The molecule has 0 unspecified atom stereocenters. The Morgan fingerprint density at radius 1 is 1.26 bits per heavy atom. The van der Waals surface area contributed by atoms with Crippen LogP contribution >= 0.6 is 11.8 Å². The maximum atomic E-state index is 12.7. The zero-order valence-corrected chi connectivity index (χ0v) is 10.3. The lowest BCUT2D eigenvalue weighted by Gasteiger charge is -2.09. The van der Waals surface area contributed by atoms with Crippen LogP contribution in [0.1, 0.15) is 5.82 Å². The molecule has 1 aromatic heterocycles. The van der Waals surface area contributed by atoms with Crippen molar-refractivity contribution in [3.8, 4) is 0 Å². The summed E-state index contributed by atoms with van der Waals surface area (Å²) < 4.78 is 38.0. The second-order valence-electron chi connectivity index (χ2n) is 3.62. The number of benzene rings is 1. The van der Waals surface area contributed by atoms with Crippen LogP contribution in [0.4, 0.5) is 13.2 Å². The summed E-state index contributed by atoms with van der Waals surface area (Å²) >= 11 is 0.863. The van der Waals surface area contributed by atoms with Crippen molar-refractivity contribution in [1.29, 1.82) is 0 Å². The molecule has 1 amide bonds. The third kappa shape index (κ3) is 3.14. The average Bonchev–Trinajstić information content (AvgIpc) is 2.34. The SMILES string of the molecule is NC(=O)CSc1nc(C(F)(F)F)nc2ccccc12. The topological polar surface area (TPSA) is 68.9 Å². The fourth-order valence-electron chi connectivity index (χ4n) is 1.42. The molecule has 0 aliphatic heterocycles. The summed E-state index contributed by atoms with van der Waals surface area (Å²) in [6, 6.07) is 6.30. The average molecular weight is 287 g/mol. The maximum absolute atomic E-state index is 12.7. The predicted octanol–water partition coefficient (Wildman–Crippen LogP) is 2.23. The van der Waals surface area contributed by atoms with Gasteiger partial charge in [0.15, 0.2) is 0 Å². The molecular formula is C11H8F3N3OS. The molecule has 0 saturated heterocycles. The van der Waals surface area contributed by atoms with Gasteiger partial charge in [-0.2, -0.15) is 13.2 Å². The van der Waals surface area contributed by atoms with Crippen LogP contribution in [0.3, 0.4) is 0 Å². The van der Waals surface area contributed by atoms with Crippen molar-refractivity contribution in [3.63, 3.8) is 0 Å². The second kappa shape index (κ2) is 5.04. The number of halogens is 3. The maximum Gasteiger partial charge on any atom is 0.451 e. The van der Waals surface area contributed by atoms with Gasteiger partial charge in [-0.25, -0.2) is 9.97 Å². The Morgan fingerprint density at radius 2 is 1.95 bits per heavy atom. The van der Waals surface area contributed by atoms with E-state index in [1.807, 2.05) is 0 Å². The summed E-state index contributed by atoms with van der Waals surface area (Å²) in [5.74, 6) is -1.99. The number of fused-ring (bicyclic) bond motifs is 1. The van der Waals surface area contributed by atoms with Gasteiger partial charge in [-0.1, -0.05) is 30.0 Å². The highest BCUT2D eigenvalue weighted by atomic mass is 32.2. The smallest absolute Gasteiger partial charge is 0.369 e. The van der Waals surface area contributed by atoms with Crippen molar-refractivity contribution in [3.05, 3.63) is 30.1 Å². The van der Waals surface area contributed by atoms with Crippen LogP contribution in [0.25, 0.3) is 10.9 Å². The van der Waals surface area contributed by atoms with E-state index in [0.717, 1.165) is 11.8 Å². The molecule has 100 valence electrons. The van der Waals surface area contributed by atoms with Gasteiger partial charge >= 0.3 is 6.18 Å². The number of thioether (sulfide) groups is 1. The molecule has 8 heteroatoms. The highest BCUT2D eigenvalue weighted by Gasteiger charge is 2.35. The molecule has 0 fully saturated rings. The largest absolute Gasteiger partial charge is 0.451 e. The number of aromatic nitrogens is 2. The molecule has 0 bridgehead atoms. The number of nitrogens with zero attached hydrogens (tertiary/aromatic N) is 2. The lowest BCUT2D eigenvalue weighted by Crippen LogP contribution is -2.15. The van der Waals surface area contributed by atoms with Crippen LogP contribution in [-0.4, -0.2) is 21.6 Å². The zero-order valence-electron chi connectivity index (χ0n) is 9.44. The van der Waals surface area contributed by atoms with Crippen molar-refractivity contribution in [1.82, 2.24) is 9.97 Å². The first kappa shape index (κ1) is 13.6. The molecular weight excluding hydrogens is 279 g/mol. The molecule has 4 nitrogen and oxygen atoms in total. The molecule has 0 aliphatic rings. The lowest BCUT2D eigenvalue weighted by molar-refractivity contribution is -0.145. The van der Waals surface area contributed by atoms with Gasteiger partial charge in [-0.3, -0.25) is 4.79 Å². The number of para-hydroxylation sites is 1. The Labute approximate surface area is 110 Å². The van der Waals surface area contributed by atoms with Gasteiger partial charge in [0.1, 0.15) is 5.03 Å². The van der Waals surface area contributed by atoms with E-state index >= 15 is 0 Å². The molecule has 0 saturated carbocycles. The third-order valence-electron chi connectivity index (χ3n) is 2.17. The van der Waals surface area contributed by atoms with Gasteiger partial charge in [-0.05, 0) is 6.07 Å². The minimum atomic E-state index is -4.63. The summed E-state index contributed by atoms with van der Waals surface area (Å²) in [4.78, 5) is 17.7. The summed E-state index contributed by atoms with van der Waals surface area (Å²) in [6.07, 6.45) is -4.63. The number of nitrogens with two attached hydrogens (primary N) is 1. The summed E-state index contributed by atoms with van der Waals surface area (Å²) in [6.45, 7) is 0. The monoisotopic (exact) mass is 287 g/mol. The molecule has 0 atom stereocenters. The summed E-state index contributed by atoms with van der Waals surface area (Å²) in [5, 5.41) is 0.554. The highest BCUT2D eigenvalue weighted by Crippen LogP contribution is 2.31. The lowest BCUT2D eigenvalue weighted by atomic mass is 10.2. The Kier molecular flexibility index (Phi) is 3.61. The Hall–Kier alpha value is -1.83. The normalized spacial score (nSPS) is 11.7. The Balaban J connectivity index is 2.55. The fourth-order valence-corrected chi connectivity index (χ4v) is 2.18. The number of carbonyl (C=O) groups is 1.